The molecule has 120 valence electrons. The van der Waals surface area contributed by atoms with Gasteiger partial charge in [0.25, 0.3) is 0 Å². The highest BCUT2D eigenvalue weighted by Crippen LogP contribution is 2.30. The minimum Gasteiger partial charge on any atom is -0.493 e. The first-order chi connectivity index (χ1) is 9.94. The van der Waals surface area contributed by atoms with Gasteiger partial charge >= 0.3 is 10.2 Å². The quantitative estimate of drug-likeness (QED) is 0.662. The van der Waals surface area contributed by atoms with Crippen LogP contribution in [0.3, 0.4) is 0 Å². The highest BCUT2D eigenvalue weighted by Gasteiger charge is 2.17. The molecule has 0 spiro atoms. The zero-order valence-corrected chi connectivity index (χ0v) is 13.7. The number of anilines is 1. The minimum atomic E-state index is -3.58. The van der Waals surface area contributed by atoms with Crippen LogP contribution in [0.15, 0.2) is 18.2 Å². The van der Waals surface area contributed by atoms with Gasteiger partial charge in [-0.3, -0.25) is 4.72 Å². The maximum Gasteiger partial charge on any atom is 0.301 e. The molecule has 0 fully saturated rings. The maximum atomic E-state index is 12.2. The number of hydrogen-bond acceptors (Lipinski definition) is 5. The number of nitrogens with zero attached hydrogens (tertiary/aromatic N) is 1. The Kier molecular flexibility index (Phi) is 6.73. The average Bonchev–Trinajstić information content (AvgIpc) is 2.46. The van der Waals surface area contributed by atoms with Gasteiger partial charge in [0.1, 0.15) is 0 Å². The summed E-state index contributed by atoms with van der Waals surface area (Å²) in [5.41, 5.74) is 0.424. The van der Waals surface area contributed by atoms with Gasteiger partial charge in [-0.2, -0.15) is 12.7 Å². The second-order valence-electron chi connectivity index (χ2n) is 4.46. The second-order valence-corrected chi connectivity index (χ2v) is 6.23. The fourth-order valence-corrected chi connectivity index (χ4v) is 2.68. The predicted molar refractivity (Wildman–Crippen MR) is 83.3 cm³/mol. The third-order valence-electron chi connectivity index (χ3n) is 2.94. The van der Waals surface area contributed by atoms with Gasteiger partial charge in [-0.05, 0) is 32.1 Å². The van der Waals surface area contributed by atoms with Crippen LogP contribution in [0, 0.1) is 0 Å². The Labute approximate surface area is 126 Å². The van der Waals surface area contributed by atoms with Crippen molar-refractivity contribution in [2.24, 2.45) is 0 Å². The van der Waals surface area contributed by atoms with E-state index in [2.05, 4.69) is 10.0 Å². The number of rotatable bonds is 9. The molecule has 0 saturated heterocycles. The summed E-state index contributed by atoms with van der Waals surface area (Å²) < 4.78 is 38.4. The summed E-state index contributed by atoms with van der Waals surface area (Å²) in [4.78, 5) is 0. The molecule has 1 aromatic rings. The molecular weight excluding hydrogens is 294 g/mol. The van der Waals surface area contributed by atoms with Gasteiger partial charge in [-0.25, -0.2) is 0 Å². The first-order valence-electron chi connectivity index (χ1n) is 6.55. The molecule has 0 bridgehead atoms. The Hall–Kier alpha value is -1.51. The van der Waals surface area contributed by atoms with Crippen molar-refractivity contribution in [1.82, 2.24) is 9.62 Å². The molecule has 0 unspecified atom stereocenters. The highest BCUT2D eigenvalue weighted by atomic mass is 32.2. The van der Waals surface area contributed by atoms with Gasteiger partial charge in [0.2, 0.25) is 0 Å². The third-order valence-corrected chi connectivity index (χ3v) is 4.44. The fourth-order valence-electron chi connectivity index (χ4n) is 1.73. The molecule has 0 atom stereocenters. The third kappa shape index (κ3) is 5.07. The lowest BCUT2D eigenvalue weighted by Crippen LogP contribution is -2.34. The highest BCUT2D eigenvalue weighted by molar-refractivity contribution is 7.90. The van der Waals surface area contributed by atoms with E-state index >= 15 is 0 Å². The van der Waals surface area contributed by atoms with Crippen molar-refractivity contribution in [2.45, 2.75) is 6.42 Å². The predicted octanol–water partition coefficient (Wildman–Crippen LogP) is 0.902. The van der Waals surface area contributed by atoms with Gasteiger partial charge in [0.05, 0.1) is 19.9 Å². The zero-order valence-electron chi connectivity index (χ0n) is 12.8. The van der Waals surface area contributed by atoms with Crippen LogP contribution in [0.5, 0.6) is 11.5 Å². The van der Waals surface area contributed by atoms with Crippen LogP contribution in [-0.4, -0.2) is 54.1 Å². The van der Waals surface area contributed by atoms with E-state index < -0.39 is 10.2 Å². The Morgan fingerprint density at radius 2 is 1.86 bits per heavy atom. The van der Waals surface area contributed by atoms with Crippen molar-refractivity contribution in [2.75, 3.05) is 46.1 Å². The standard InChI is InChI=1S/C13H23N3O4S/c1-14-8-5-9-16(2)21(17,18)15-11-6-7-12(19-3)13(10-11)20-4/h6-7,10,14-15H,5,8-9H2,1-4H3. The van der Waals surface area contributed by atoms with E-state index in [4.69, 9.17) is 9.47 Å². The Bertz CT molecular complexity index is 548. The molecule has 0 amide bonds. The van der Waals surface area contributed by atoms with E-state index in [0.717, 1.165) is 13.0 Å². The second kappa shape index (κ2) is 8.06. The summed E-state index contributed by atoms with van der Waals surface area (Å²) in [6, 6.07) is 4.86. The van der Waals surface area contributed by atoms with E-state index in [0.29, 0.717) is 23.7 Å². The molecule has 7 nitrogen and oxygen atoms in total. The van der Waals surface area contributed by atoms with E-state index in [1.807, 2.05) is 7.05 Å². The lowest BCUT2D eigenvalue weighted by atomic mass is 10.3. The summed E-state index contributed by atoms with van der Waals surface area (Å²) in [6.45, 7) is 1.19. The van der Waals surface area contributed by atoms with Crippen molar-refractivity contribution in [3.05, 3.63) is 18.2 Å². The number of nitrogens with one attached hydrogen (secondary N) is 2. The van der Waals surface area contributed by atoms with Crippen LogP contribution in [0.25, 0.3) is 0 Å². The van der Waals surface area contributed by atoms with E-state index in [1.165, 1.54) is 18.5 Å². The van der Waals surface area contributed by atoms with E-state index in [1.54, 1.807) is 25.2 Å². The van der Waals surface area contributed by atoms with Gasteiger partial charge in [0.15, 0.2) is 11.5 Å². The first-order valence-corrected chi connectivity index (χ1v) is 7.99. The molecule has 2 N–H and O–H groups in total. The molecule has 0 saturated carbocycles. The lowest BCUT2D eigenvalue weighted by molar-refractivity contribution is 0.355. The van der Waals surface area contributed by atoms with Crippen molar-refractivity contribution in [3.8, 4) is 11.5 Å². The molecule has 0 aliphatic heterocycles. The molecule has 0 aliphatic carbocycles. The lowest BCUT2D eigenvalue weighted by Gasteiger charge is -2.19. The summed E-state index contributed by atoms with van der Waals surface area (Å²) in [6.07, 6.45) is 0.736. The van der Waals surface area contributed by atoms with Crippen LogP contribution < -0.4 is 19.5 Å². The van der Waals surface area contributed by atoms with E-state index in [9.17, 15) is 8.42 Å². The normalized spacial score (nSPS) is 11.5. The van der Waals surface area contributed by atoms with Crippen LogP contribution in [0.1, 0.15) is 6.42 Å². The average molecular weight is 317 g/mol. The van der Waals surface area contributed by atoms with E-state index in [-0.39, 0.29) is 0 Å². The molecule has 21 heavy (non-hydrogen) atoms. The van der Waals surface area contributed by atoms with Crippen LogP contribution in [0.2, 0.25) is 0 Å². The summed E-state index contributed by atoms with van der Waals surface area (Å²) in [5, 5.41) is 2.98. The van der Waals surface area contributed by atoms with Crippen molar-refractivity contribution in [3.63, 3.8) is 0 Å². The largest absolute Gasteiger partial charge is 0.493 e. The van der Waals surface area contributed by atoms with Gasteiger partial charge in [0, 0.05) is 19.7 Å². The van der Waals surface area contributed by atoms with Crippen molar-refractivity contribution in [1.29, 1.82) is 0 Å². The summed E-state index contributed by atoms with van der Waals surface area (Å²) in [5.74, 6) is 1.01. The van der Waals surface area contributed by atoms with Gasteiger partial charge in [-0.15, -0.1) is 0 Å². The molecule has 0 heterocycles. The zero-order chi connectivity index (χ0) is 15.9. The molecule has 1 rings (SSSR count). The van der Waals surface area contributed by atoms with Crippen LogP contribution in [0.4, 0.5) is 5.69 Å². The molecule has 1 aromatic carbocycles. The van der Waals surface area contributed by atoms with Crippen LogP contribution >= 0.6 is 0 Å². The molecule has 8 heteroatoms. The number of ether oxygens (including phenoxy) is 2. The number of hydrogen-bond donors (Lipinski definition) is 2. The molecular formula is C13H23N3O4S. The fraction of sp³-hybridized carbons (Fsp3) is 0.538. The Morgan fingerprint density at radius 3 is 2.43 bits per heavy atom. The SMILES string of the molecule is CNCCCN(C)S(=O)(=O)Nc1ccc(OC)c(OC)c1. The smallest absolute Gasteiger partial charge is 0.301 e. The van der Waals surface area contributed by atoms with Crippen molar-refractivity contribution < 1.29 is 17.9 Å². The molecule has 0 radical (unpaired) electrons. The minimum absolute atomic E-state index is 0.424. The van der Waals surface area contributed by atoms with Gasteiger partial charge in [-0.1, -0.05) is 0 Å². The summed E-state index contributed by atoms with van der Waals surface area (Å²) in [7, 11) is 2.82. The Morgan fingerprint density at radius 1 is 1.19 bits per heavy atom. The first kappa shape index (κ1) is 17.5. The van der Waals surface area contributed by atoms with Gasteiger partial charge < -0.3 is 14.8 Å². The molecule has 0 aromatic heterocycles. The number of methoxy groups -OCH3 is 2. The van der Waals surface area contributed by atoms with Crippen LogP contribution in [-0.2, 0) is 10.2 Å². The summed E-state index contributed by atoms with van der Waals surface area (Å²) >= 11 is 0. The number of benzene rings is 1. The monoisotopic (exact) mass is 317 g/mol. The molecule has 0 aliphatic rings. The maximum absolute atomic E-state index is 12.2. The Balaban J connectivity index is 2.79. The van der Waals surface area contributed by atoms with Crippen molar-refractivity contribution >= 4 is 15.9 Å². The topological polar surface area (TPSA) is 79.9 Å².